The predicted molar refractivity (Wildman–Crippen MR) is 61.1 cm³/mol. The zero-order valence-electron chi connectivity index (χ0n) is 8.57. The van der Waals surface area contributed by atoms with Crippen molar-refractivity contribution >= 4 is 0 Å². The van der Waals surface area contributed by atoms with Crippen LogP contribution in [-0.2, 0) is 6.42 Å². The van der Waals surface area contributed by atoms with Crippen LogP contribution in [0.15, 0.2) is 36.4 Å². The molecule has 0 amide bonds. The zero-order valence-corrected chi connectivity index (χ0v) is 8.57. The predicted octanol–water partition coefficient (Wildman–Crippen LogP) is 2.84. The van der Waals surface area contributed by atoms with E-state index in [-0.39, 0.29) is 5.75 Å². The van der Waals surface area contributed by atoms with Crippen LogP contribution in [0.2, 0.25) is 0 Å². The quantitative estimate of drug-likeness (QED) is 0.616. The molecule has 0 spiro atoms. The Bertz CT molecular complexity index is 623. The van der Waals surface area contributed by atoms with Gasteiger partial charge in [-0.05, 0) is 52.9 Å². The van der Waals surface area contributed by atoms with Crippen LogP contribution in [0.5, 0.6) is 5.75 Å². The third-order valence-corrected chi connectivity index (χ3v) is 3.00. The van der Waals surface area contributed by atoms with Crippen LogP contribution in [0.3, 0.4) is 0 Å². The molecule has 0 saturated carbocycles. The maximum absolute atomic E-state index is 9.47. The second-order valence-corrected chi connectivity index (χ2v) is 4.00. The van der Waals surface area contributed by atoms with E-state index < -0.39 is 0 Å². The van der Waals surface area contributed by atoms with E-state index in [1.165, 1.54) is 11.1 Å². The Morgan fingerprint density at radius 2 is 1.88 bits per heavy atom. The van der Waals surface area contributed by atoms with Crippen molar-refractivity contribution in [1.82, 2.24) is 0 Å². The van der Waals surface area contributed by atoms with E-state index in [0.717, 1.165) is 17.5 Å². The smallest absolute Gasteiger partial charge is 0.116 e. The number of hydrogen-bond donors (Lipinski definition) is 1. The van der Waals surface area contributed by atoms with Crippen molar-refractivity contribution in [2.45, 2.75) is 6.42 Å². The third-order valence-electron chi connectivity index (χ3n) is 3.00. The van der Waals surface area contributed by atoms with Gasteiger partial charge in [0.25, 0.3) is 0 Å². The summed E-state index contributed by atoms with van der Waals surface area (Å²) < 4.78 is 0. The summed E-state index contributed by atoms with van der Waals surface area (Å²) in [7, 11) is 0. The van der Waals surface area contributed by atoms with E-state index in [9.17, 15) is 5.11 Å². The van der Waals surface area contributed by atoms with E-state index in [1.54, 1.807) is 12.1 Å². The largest absolute Gasteiger partial charge is 0.508 e. The minimum atomic E-state index is 0.288. The average molecular weight is 207 g/mol. The highest BCUT2D eigenvalue weighted by atomic mass is 16.3. The van der Waals surface area contributed by atoms with E-state index >= 15 is 0 Å². The summed E-state index contributed by atoms with van der Waals surface area (Å²) in [5, 5.41) is 18.3. The molecule has 0 radical (unpaired) electrons. The van der Waals surface area contributed by atoms with E-state index in [0.29, 0.717) is 5.56 Å². The van der Waals surface area contributed by atoms with Crippen molar-refractivity contribution in [1.29, 1.82) is 5.26 Å². The van der Waals surface area contributed by atoms with E-state index in [4.69, 9.17) is 5.26 Å². The van der Waals surface area contributed by atoms with Crippen LogP contribution in [0.4, 0.5) is 0 Å². The molecule has 0 aromatic heterocycles. The number of aromatic hydroxyl groups is 1. The molecule has 1 aliphatic rings. The van der Waals surface area contributed by atoms with Crippen LogP contribution in [0.1, 0.15) is 16.7 Å². The van der Waals surface area contributed by atoms with Crippen molar-refractivity contribution in [3.63, 3.8) is 0 Å². The van der Waals surface area contributed by atoms with Gasteiger partial charge < -0.3 is 5.11 Å². The number of rotatable bonds is 0. The molecule has 2 aromatic rings. The van der Waals surface area contributed by atoms with Gasteiger partial charge in [-0.3, -0.25) is 0 Å². The number of nitriles is 1. The molecule has 3 rings (SSSR count). The maximum atomic E-state index is 9.47. The number of fused-ring (bicyclic) bond motifs is 3. The Kier molecular flexibility index (Phi) is 1.75. The number of nitrogens with zero attached hydrogens (tertiary/aromatic N) is 1. The van der Waals surface area contributed by atoms with Gasteiger partial charge in [0.15, 0.2) is 0 Å². The molecule has 0 fully saturated rings. The summed E-state index contributed by atoms with van der Waals surface area (Å²) in [6, 6.07) is 13.3. The average Bonchev–Trinajstić information content (AvgIpc) is 2.66. The first-order valence-corrected chi connectivity index (χ1v) is 5.13. The molecule has 0 heterocycles. The molecule has 0 atom stereocenters. The van der Waals surface area contributed by atoms with Crippen LogP contribution < -0.4 is 0 Å². The van der Waals surface area contributed by atoms with Crippen LogP contribution in [0, 0.1) is 11.3 Å². The molecule has 0 unspecified atom stereocenters. The van der Waals surface area contributed by atoms with Crippen molar-refractivity contribution in [3.8, 4) is 22.9 Å². The van der Waals surface area contributed by atoms with Crippen LogP contribution in [-0.4, -0.2) is 5.11 Å². The second kappa shape index (κ2) is 3.11. The van der Waals surface area contributed by atoms with Crippen molar-refractivity contribution < 1.29 is 5.11 Å². The lowest BCUT2D eigenvalue weighted by Gasteiger charge is -2.01. The summed E-state index contributed by atoms with van der Waals surface area (Å²) in [6.07, 6.45) is 0.848. The van der Waals surface area contributed by atoms with Gasteiger partial charge >= 0.3 is 0 Å². The fraction of sp³-hybridized carbons (Fsp3) is 0.0714. The molecule has 1 N–H and O–H groups in total. The summed E-state index contributed by atoms with van der Waals surface area (Å²) in [6.45, 7) is 0. The minimum Gasteiger partial charge on any atom is -0.508 e. The van der Waals surface area contributed by atoms with Crippen molar-refractivity contribution in [2.75, 3.05) is 0 Å². The minimum absolute atomic E-state index is 0.288. The lowest BCUT2D eigenvalue weighted by Crippen LogP contribution is -1.81. The molecular weight excluding hydrogens is 198 g/mol. The van der Waals surface area contributed by atoms with Crippen molar-refractivity contribution in [2.24, 2.45) is 0 Å². The number of phenols is 1. The molecular formula is C14H9NO. The van der Waals surface area contributed by atoms with Crippen LogP contribution >= 0.6 is 0 Å². The molecule has 0 bridgehead atoms. The van der Waals surface area contributed by atoms with Gasteiger partial charge in [-0.1, -0.05) is 12.1 Å². The summed E-state index contributed by atoms with van der Waals surface area (Å²) >= 11 is 0. The van der Waals surface area contributed by atoms with E-state index in [1.807, 2.05) is 24.3 Å². The molecule has 0 saturated heterocycles. The Morgan fingerprint density at radius 3 is 2.69 bits per heavy atom. The van der Waals surface area contributed by atoms with Crippen LogP contribution in [0.25, 0.3) is 11.1 Å². The Labute approximate surface area is 93.4 Å². The first-order chi connectivity index (χ1) is 7.78. The Balaban J connectivity index is 2.23. The molecule has 2 heteroatoms. The monoisotopic (exact) mass is 207 g/mol. The number of benzene rings is 2. The topological polar surface area (TPSA) is 44.0 Å². The Morgan fingerprint density at radius 1 is 1.00 bits per heavy atom. The van der Waals surface area contributed by atoms with Gasteiger partial charge in [0.05, 0.1) is 11.6 Å². The normalized spacial score (nSPS) is 11.7. The SMILES string of the molecule is N#Cc1ccc2c(c1)Cc1ccc(O)cc1-2. The first-order valence-electron chi connectivity index (χ1n) is 5.13. The highest BCUT2D eigenvalue weighted by molar-refractivity contribution is 5.78. The van der Waals surface area contributed by atoms with E-state index in [2.05, 4.69) is 6.07 Å². The standard InChI is InChI=1S/C14H9NO/c15-8-9-1-4-13-11(5-9)6-10-2-3-12(16)7-14(10)13/h1-5,7,16H,6H2. The Hall–Kier alpha value is -2.27. The summed E-state index contributed by atoms with van der Waals surface area (Å²) in [5.74, 6) is 0.288. The molecule has 0 aliphatic heterocycles. The van der Waals surface area contributed by atoms with Gasteiger partial charge in [-0.15, -0.1) is 0 Å². The van der Waals surface area contributed by atoms with Gasteiger partial charge in [0, 0.05) is 0 Å². The molecule has 76 valence electrons. The fourth-order valence-corrected chi connectivity index (χ4v) is 2.25. The van der Waals surface area contributed by atoms with Gasteiger partial charge in [0.2, 0.25) is 0 Å². The fourth-order valence-electron chi connectivity index (χ4n) is 2.25. The second-order valence-electron chi connectivity index (χ2n) is 4.00. The van der Waals surface area contributed by atoms with Gasteiger partial charge in [-0.25, -0.2) is 0 Å². The zero-order chi connectivity index (χ0) is 11.1. The number of phenolic OH excluding ortho intramolecular Hbond substituents is 1. The first kappa shape index (κ1) is 8.99. The lowest BCUT2D eigenvalue weighted by molar-refractivity contribution is 0.475. The summed E-state index contributed by atoms with van der Waals surface area (Å²) in [5.41, 5.74) is 5.28. The maximum Gasteiger partial charge on any atom is 0.116 e. The van der Waals surface area contributed by atoms with Gasteiger partial charge in [-0.2, -0.15) is 5.26 Å². The molecule has 1 aliphatic carbocycles. The highest BCUT2D eigenvalue weighted by Crippen LogP contribution is 2.38. The van der Waals surface area contributed by atoms with Gasteiger partial charge in [0.1, 0.15) is 5.75 Å². The molecule has 2 nitrogen and oxygen atoms in total. The molecule has 16 heavy (non-hydrogen) atoms. The van der Waals surface area contributed by atoms with Crippen molar-refractivity contribution in [3.05, 3.63) is 53.1 Å². The molecule has 2 aromatic carbocycles. The lowest BCUT2D eigenvalue weighted by atomic mass is 10.0. The highest BCUT2D eigenvalue weighted by Gasteiger charge is 2.18. The number of hydrogen-bond acceptors (Lipinski definition) is 2. The summed E-state index contributed by atoms with van der Waals surface area (Å²) in [4.78, 5) is 0. The third kappa shape index (κ3) is 1.19.